The maximum absolute atomic E-state index is 10.4. The molecule has 0 amide bonds. The van der Waals surface area contributed by atoms with Crippen molar-refractivity contribution in [2.24, 2.45) is 0 Å². The molecule has 0 radical (unpaired) electrons. The van der Waals surface area contributed by atoms with Crippen molar-refractivity contribution in [2.45, 2.75) is 19.4 Å². The molecule has 0 bridgehead atoms. The molecule has 0 aliphatic carbocycles. The van der Waals surface area contributed by atoms with E-state index >= 15 is 0 Å². The highest BCUT2D eigenvalue weighted by Crippen LogP contribution is 2.22. The minimum Gasteiger partial charge on any atom is -0.493 e. The number of rotatable bonds is 2. The molecule has 0 spiro atoms. The molecule has 0 saturated carbocycles. The van der Waals surface area contributed by atoms with Gasteiger partial charge in [0.2, 0.25) is 0 Å². The molecule has 1 aliphatic rings. The first kappa shape index (κ1) is 7.85. The molecule has 0 aromatic heterocycles. The summed E-state index contributed by atoms with van der Waals surface area (Å²) < 4.78 is 5.05. The predicted octanol–water partition coefficient (Wildman–Crippen LogP) is 1.32. The quantitative estimate of drug-likeness (QED) is 0.610. The molecule has 3 nitrogen and oxygen atoms in total. The van der Waals surface area contributed by atoms with Crippen molar-refractivity contribution in [3.63, 3.8) is 0 Å². The Labute approximate surface area is 65.0 Å². The van der Waals surface area contributed by atoms with Crippen molar-refractivity contribution >= 4 is 5.97 Å². The highest BCUT2D eigenvalue weighted by atomic mass is 16.5. The van der Waals surface area contributed by atoms with Crippen LogP contribution in [0.25, 0.3) is 0 Å². The number of carbonyl (C=O) groups is 1. The Bertz CT molecular complexity index is 227. The second kappa shape index (κ2) is 2.78. The lowest BCUT2D eigenvalue weighted by atomic mass is 10.1. The average Bonchev–Trinajstić information content (AvgIpc) is 2.33. The van der Waals surface area contributed by atoms with Crippen LogP contribution in [0, 0.1) is 0 Å². The van der Waals surface area contributed by atoms with Gasteiger partial charge in [0.15, 0.2) is 0 Å². The van der Waals surface area contributed by atoms with Crippen LogP contribution < -0.4 is 0 Å². The minimum absolute atomic E-state index is 0.138. The summed E-state index contributed by atoms with van der Waals surface area (Å²) in [4.78, 5) is 10.4. The molecule has 0 aromatic carbocycles. The Hall–Kier alpha value is -1.25. The molecule has 3 heteroatoms. The summed E-state index contributed by atoms with van der Waals surface area (Å²) in [7, 11) is 0. The van der Waals surface area contributed by atoms with Crippen LogP contribution in [0.15, 0.2) is 24.0 Å². The van der Waals surface area contributed by atoms with Gasteiger partial charge in [-0.05, 0) is 12.5 Å². The summed E-state index contributed by atoms with van der Waals surface area (Å²) in [5.74, 6) is -0.909. The monoisotopic (exact) mass is 154 g/mol. The second-order valence-electron chi connectivity index (χ2n) is 2.62. The number of ether oxygens (including phenoxy) is 1. The van der Waals surface area contributed by atoms with Gasteiger partial charge in [-0.2, -0.15) is 0 Å². The van der Waals surface area contributed by atoms with E-state index in [2.05, 4.69) is 6.58 Å². The van der Waals surface area contributed by atoms with Gasteiger partial charge in [0, 0.05) is 6.42 Å². The van der Waals surface area contributed by atoms with Crippen molar-refractivity contribution in [3.05, 3.63) is 24.0 Å². The first-order valence-corrected chi connectivity index (χ1v) is 3.34. The highest BCUT2D eigenvalue weighted by molar-refractivity contribution is 5.86. The summed E-state index contributed by atoms with van der Waals surface area (Å²) >= 11 is 0. The van der Waals surface area contributed by atoms with E-state index in [0.717, 1.165) is 5.57 Å². The van der Waals surface area contributed by atoms with Gasteiger partial charge in [0.05, 0.1) is 11.8 Å². The van der Waals surface area contributed by atoms with Crippen molar-refractivity contribution in [1.82, 2.24) is 0 Å². The number of carboxylic acid groups (broad SMARTS) is 1. The lowest BCUT2D eigenvalue weighted by molar-refractivity contribution is -0.132. The molecule has 1 atom stereocenters. The van der Waals surface area contributed by atoms with Gasteiger partial charge in [-0.1, -0.05) is 6.58 Å². The standard InChI is InChI=1S/C8H10O3/c1-5(2)7-3-6(4-11-7)8(9)10/h4,7H,1,3H2,2H3,(H,9,10). The average molecular weight is 154 g/mol. The van der Waals surface area contributed by atoms with E-state index in [-0.39, 0.29) is 6.10 Å². The summed E-state index contributed by atoms with van der Waals surface area (Å²) in [6.45, 7) is 5.50. The normalized spacial score (nSPS) is 22.3. The molecule has 0 saturated heterocycles. The van der Waals surface area contributed by atoms with Crippen LogP contribution in [0.2, 0.25) is 0 Å². The van der Waals surface area contributed by atoms with Crippen molar-refractivity contribution < 1.29 is 14.6 Å². The van der Waals surface area contributed by atoms with Gasteiger partial charge in [0.1, 0.15) is 6.10 Å². The zero-order valence-corrected chi connectivity index (χ0v) is 6.33. The molecule has 1 rings (SSSR count). The van der Waals surface area contributed by atoms with E-state index in [1.165, 1.54) is 6.26 Å². The molecule has 60 valence electrons. The van der Waals surface area contributed by atoms with Crippen LogP contribution >= 0.6 is 0 Å². The first-order chi connectivity index (χ1) is 5.11. The van der Waals surface area contributed by atoms with E-state index in [1.807, 2.05) is 6.92 Å². The third kappa shape index (κ3) is 1.61. The van der Waals surface area contributed by atoms with Gasteiger partial charge >= 0.3 is 5.97 Å². The van der Waals surface area contributed by atoms with Crippen LogP contribution in [0.4, 0.5) is 0 Å². The number of carboxylic acids is 1. The second-order valence-corrected chi connectivity index (χ2v) is 2.62. The van der Waals surface area contributed by atoms with Crippen LogP contribution in [-0.4, -0.2) is 17.2 Å². The third-order valence-corrected chi connectivity index (χ3v) is 1.60. The van der Waals surface area contributed by atoms with E-state index in [4.69, 9.17) is 9.84 Å². The van der Waals surface area contributed by atoms with Crippen molar-refractivity contribution in [1.29, 1.82) is 0 Å². The molecule has 11 heavy (non-hydrogen) atoms. The Balaban J connectivity index is 2.56. The van der Waals surface area contributed by atoms with Gasteiger partial charge in [-0.25, -0.2) is 4.79 Å². The van der Waals surface area contributed by atoms with Gasteiger partial charge in [-0.3, -0.25) is 0 Å². The minimum atomic E-state index is -0.909. The van der Waals surface area contributed by atoms with E-state index in [1.54, 1.807) is 0 Å². The van der Waals surface area contributed by atoms with E-state index in [0.29, 0.717) is 12.0 Å². The molecule has 1 unspecified atom stereocenters. The maximum Gasteiger partial charge on any atom is 0.334 e. The molecule has 1 aliphatic heterocycles. The summed E-state index contributed by atoms with van der Waals surface area (Å²) in [6.07, 6.45) is 1.59. The van der Waals surface area contributed by atoms with Gasteiger partial charge in [-0.15, -0.1) is 0 Å². The number of hydrogen-bond acceptors (Lipinski definition) is 2. The number of aliphatic carboxylic acids is 1. The highest BCUT2D eigenvalue weighted by Gasteiger charge is 2.22. The van der Waals surface area contributed by atoms with Crippen LogP contribution in [0.3, 0.4) is 0 Å². The summed E-state index contributed by atoms with van der Waals surface area (Å²) in [5, 5.41) is 8.53. The fourth-order valence-electron chi connectivity index (χ4n) is 0.888. The van der Waals surface area contributed by atoms with Crippen LogP contribution in [0.1, 0.15) is 13.3 Å². The Morgan fingerprint density at radius 3 is 2.82 bits per heavy atom. The molecular weight excluding hydrogens is 144 g/mol. The maximum atomic E-state index is 10.4. The molecule has 1 N–H and O–H groups in total. The van der Waals surface area contributed by atoms with Gasteiger partial charge in [0.25, 0.3) is 0 Å². The number of hydrogen-bond donors (Lipinski definition) is 1. The SMILES string of the molecule is C=C(C)C1CC(C(=O)O)=CO1. The molecule has 0 aromatic rings. The zero-order chi connectivity index (χ0) is 8.43. The summed E-state index contributed by atoms with van der Waals surface area (Å²) in [5.41, 5.74) is 1.18. The molecular formula is C8H10O3. The van der Waals surface area contributed by atoms with E-state index < -0.39 is 5.97 Å². The Kier molecular flexibility index (Phi) is 1.98. The molecule has 0 fully saturated rings. The smallest absolute Gasteiger partial charge is 0.334 e. The lowest BCUT2D eigenvalue weighted by Crippen LogP contribution is -2.07. The van der Waals surface area contributed by atoms with Crippen LogP contribution in [-0.2, 0) is 9.53 Å². The molecule has 1 heterocycles. The van der Waals surface area contributed by atoms with Crippen molar-refractivity contribution in [2.75, 3.05) is 0 Å². The fourth-order valence-corrected chi connectivity index (χ4v) is 0.888. The third-order valence-electron chi connectivity index (χ3n) is 1.60. The zero-order valence-electron chi connectivity index (χ0n) is 6.33. The Morgan fingerprint density at radius 2 is 2.55 bits per heavy atom. The van der Waals surface area contributed by atoms with Crippen LogP contribution in [0.5, 0.6) is 0 Å². The first-order valence-electron chi connectivity index (χ1n) is 3.34. The van der Waals surface area contributed by atoms with Gasteiger partial charge < -0.3 is 9.84 Å². The largest absolute Gasteiger partial charge is 0.493 e. The Morgan fingerprint density at radius 1 is 1.91 bits per heavy atom. The summed E-state index contributed by atoms with van der Waals surface area (Å²) in [6, 6.07) is 0. The fraction of sp³-hybridized carbons (Fsp3) is 0.375. The topological polar surface area (TPSA) is 46.5 Å². The predicted molar refractivity (Wildman–Crippen MR) is 40.0 cm³/mol. The lowest BCUT2D eigenvalue weighted by Gasteiger charge is -2.07. The van der Waals surface area contributed by atoms with E-state index in [9.17, 15) is 4.79 Å². The van der Waals surface area contributed by atoms with Crippen molar-refractivity contribution in [3.8, 4) is 0 Å².